The molecule has 0 radical (unpaired) electrons. The summed E-state index contributed by atoms with van der Waals surface area (Å²) in [5.41, 5.74) is 6.99. The number of phenolic OH excluding ortho intramolecular Hbond substituents is 1. The number of hydrazone groups is 1. The molecule has 0 atom stereocenters. The number of phenols is 1. The summed E-state index contributed by atoms with van der Waals surface area (Å²) in [7, 11) is 0. The molecule has 1 amide bonds. The number of benzene rings is 4. The zero-order valence-corrected chi connectivity index (χ0v) is 19.0. The Morgan fingerprint density at radius 1 is 0.917 bits per heavy atom. The number of para-hydroxylation sites is 1. The quantitative estimate of drug-likeness (QED) is 0.218. The van der Waals surface area contributed by atoms with Gasteiger partial charge >= 0.3 is 5.97 Å². The van der Waals surface area contributed by atoms with Crippen LogP contribution >= 0.6 is 0 Å². The van der Waals surface area contributed by atoms with E-state index in [1.807, 2.05) is 13.0 Å². The summed E-state index contributed by atoms with van der Waals surface area (Å²) in [5, 5.41) is 27.0. The highest BCUT2D eigenvalue weighted by molar-refractivity contribution is 6.54. The van der Waals surface area contributed by atoms with Crippen LogP contribution in [0.1, 0.15) is 21.5 Å². The highest BCUT2D eigenvalue weighted by Gasteiger charge is 2.27. The largest absolute Gasteiger partial charge is 0.505 e. The van der Waals surface area contributed by atoms with Gasteiger partial charge in [0.05, 0.1) is 16.9 Å². The first-order valence-electron chi connectivity index (χ1n) is 11.0. The number of carbonyl (C=O) groups is 2. The highest BCUT2D eigenvalue weighted by Crippen LogP contribution is 2.36. The van der Waals surface area contributed by atoms with Gasteiger partial charge in [-0.25, -0.2) is 9.18 Å². The van der Waals surface area contributed by atoms with Gasteiger partial charge < -0.3 is 15.5 Å². The van der Waals surface area contributed by atoms with Crippen molar-refractivity contribution < 1.29 is 24.2 Å². The number of amides is 1. The Balaban J connectivity index is 1.45. The molecule has 4 aromatic carbocycles. The van der Waals surface area contributed by atoms with Crippen molar-refractivity contribution in [1.82, 2.24) is 0 Å². The molecular weight excluding hydrogens is 461 g/mol. The number of nitrogens with zero attached hydrogens (tertiary/aromatic N) is 1. The number of carboxylic acids is 1. The van der Waals surface area contributed by atoms with Crippen LogP contribution in [0.3, 0.4) is 0 Å². The second-order valence-corrected chi connectivity index (χ2v) is 8.36. The van der Waals surface area contributed by atoms with Crippen molar-refractivity contribution in [2.75, 3.05) is 10.7 Å². The smallest absolute Gasteiger partial charge is 0.335 e. The summed E-state index contributed by atoms with van der Waals surface area (Å²) in [6.45, 7) is 1.81. The lowest BCUT2D eigenvalue weighted by molar-refractivity contribution is -0.110. The second-order valence-electron chi connectivity index (χ2n) is 8.36. The molecule has 178 valence electrons. The monoisotopic (exact) mass is 481 g/mol. The minimum absolute atomic E-state index is 0.0922. The average Bonchev–Trinajstić information content (AvgIpc) is 3.17. The molecule has 1 aliphatic heterocycles. The number of hydrogen-bond acceptors (Lipinski definition) is 5. The number of rotatable bonds is 5. The predicted molar refractivity (Wildman–Crippen MR) is 136 cm³/mol. The van der Waals surface area contributed by atoms with Gasteiger partial charge in [0.2, 0.25) is 0 Å². The van der Waals surface area contributed by atoms with Gasteiger partial charge in [-0.05, 0) is 60.0 Å². The third-order valence-electron chi connectivity index (χ3n) is 5.92. The topological polar surface area (TPSA) is 111 Å². The summed E-state index contributed by atoms with van der Waals surface area (Å²) < 4.78 is 14.4. The first-order chi connectivity index (χ1) is 17.3. The molecule has 1 aliphatic rings. The van der Waals surface area contributed by atoms with Crippen molar-refractivity contribution in [3.63, 3.8) is 0 Å². The Labute approximate surface area is 205 Å². The van der Waals surface area contributed by atoms with E-state index in [0.717, 1.165) is 5.56 Å². The summed E-state index contributed by atoms with van der Waals surface area (Å²) in [5.74, 6) is -2.01. The van der Waals surface area contributed by atoms with Crippen molar-refractivity contribution in [2.45, 2.75) is 6.92 Å². The van der Waals surface area contributed by atoms with Gasteiger partial charge in [0.25, 0.3) is 5.91 Å². The molecule has 0 bridgehead atoms. The van der Waals surface area contributed by atoms with Gasteiger partial charge in [0.1, 0.15) is 11.6 Å². The zero-order chi connectivity index (χ0) is 25.4. The number of anilines is 2. The second kappa shape index (κ2) is 8.99. The van der Waals surface area contributed by atoms with E-state index in [-0.39, 0.29) is 28.5 Å². The van der Waals surface area contributed by atoms with E-state index >= 15 is 0 Å². The van der Waals surface area contributed by atoms with Gasteiger partial charge in [-0.15, -0.1) is 0 Å². The first kappa shape index (κ1) is 22.8. The van der Waals surface area contributed by atoms with Crippen LogP contribution in [0.25, 0.3) is 22.3 Å². The number of aromatic hydroxyl groups is 1. The molecule has 8 heteroatoms. The van der Waals surface area contributed by atoms with Crippen LogP contribution in [0, 0.1) is 12.7 Å². The molecule has 0 saturated heterocycles. The lowest BCUT2D eigenvalue weighted by Crippen LogP contribution is -2.15. The summed E-state index contributed by atoms with van der Waals surface area (Å²) in [6.07, 6.45) is 0. The Kier molecular flexibility index (Phi) is 5.69. The van der Waals surface area contributed by atoms with Crippen LogP contribution in [0.15, 0.2) is 84.0 Å². The van der Waals surface area contributed by atoms with Crippen molar-refractivity contribution in [2.24, 2.45) is 5.10 Å². The lowest BCUT2D eigenvalue weighted by Gasteiger charge is -2.10. The molecule has 4 N–H and O–H groups in total. The molecule has 0 fully saturated rings. The van der Waals surface area contributed by atoms with E-state index in [1.165, 1.54) is 18.2 Å². The highest BCUT2D eigenvalue weighted by atomic mass is 19.1. The van der Waals surface area contributed by atoms with Crippen molar-refractivity contribution in [3.05, 3.63) is 101 Å². The third-order valence-corrected chi connectivity index (χ3v) is 5.92. The summed E-state index contributed by atoms with van der Waals surface area (Å²) in [4.78, 5) is 23.9. The number of hydrogen-bond donors (Lipinski definition) is 4. The minimum Gasteiger partial charge on any atom is -0.505 e. The first-order valence-corrected chi connectivity index (χ1v) is 11.0. The zero-order valence-electron chi connectivity index (χ0n) is 19.0. The fourth-order valence-electron chi connectivity index (χ4n) is 4.09. The predicted octanol–water partition coefficient (Wildman–Crippen LogP) is 5.64. The Bertz CT molecular complexity index is 1580. The molecule has 0 unspecified atom stereocenters. The summed E-state index contributed by atoms with van der Waals surface area (Å²) >= 11 is 0. The van der Waals surface area contributed by atoms with Gasteiger partial charge in [0, 0.05) is 16.7 Å². The number of carbonyl (C=O) groups excluding carboxylic acids is 1. The van der Waals surface area contributed by atoms with Crippen LogP contribution in [0.4, 0.5) is 15.8 Å². The lowest BCUT2D eigenvalue weighted by atomic mass is 10.0. The SMILES string of the molecule is Cc1ccc(-c2ccc3c(c2)NC(=O)C3=NNc2cccc(-c3cccc(C(=O)O)c3)c2O)c(F)c1. The van der Waals surface area contributed by atoms with Gasteiger partial charge in [-0.2, -0.15) is 5.10 Å². The molecule has 1 heterocycles. The molecule has 4 aromatic rings. The average molecular weight is 481 g/mol. The number of carboxylic acid groups (broad SMARTS) is 1. The Hall–Kier alpha value is -4.98. The molecular formula is C28H20FN3O4. The molecule has 0 aliphatic carbocycles. The molecule has 0 aromatic heterocycles. The fourth-order valence-corrected chi connectivity index (χ4v) is 4.09. The van der Waals surface area contributed by atoms with Crippen LogP contribution in [-0.4, -0.2) is 27.8 Å². The Morgan fingerprint density at radius 3 is 2.44 bits per heavy atom. The van der Waals surface area contributed by atoms with E-state index in [2.05, 4.69) is 15.8 Å². The van der Waals surface area contributed by atoms with E-state index in [4.69, 9.17) is 0 Å². The third kappa shape index (κ3) is 4.16. The van der Waals surface area contributed by atoms with Crippen LogP contribution in [0.5, 0.6) is 5.75 Å². The number of halogens is 1. The van der Waals surface area contributed by atoms with Gasteiger partial charge in [-0.3, -0.25) is 10.2 Å². The van der Waals surface area contributed by atoms with Gasteiger partial charge in [-0.1, -0.05) is 42.5 Å². The molecule has 5 rings (SSSR count). The minimum atomic E-state index is -1.07. The molecule has 7 nitrogen and oxygen atoms in total. The van der Waals surface area contributed by atoms with Crippen LogP contribution in [0.2, 0.25) is 0 Å². The molecule has 0 saturated carbocycles. The number of nitrogens with one attached hydrogen (secondary N) is 2. The van der Waals surface area contributed by atoms with E-state index in [0.29, 0.717) is 33.5 Å². The van der Waals surface area contributed by atoms with Crippen molar-refractivity contribution in [1.29, 1.82) is 0 Å². The standard InChI is InChI=1S/C28H20FN3O4/c1-15-8-10-19(22(29)12-15)17-9-11-21-24(14-17)30-27(34)25(21)32-31-23-7-3-6-20(26(23)33)16-4-2-5-18(13-16)28(35)36/h2-14,31,33H,1H3,(H,35,36)(H,30,32,34). The number of aryl methyl sites for hydroxylation is 1. The van der Waals surface area contributed by atoms with Crippen molar-refractivity contribution >= 4 is 29.0 Å². The van der Waals surface area contributed by atoms with E-state index in [9.17, 15) is 24.2 Å². The van der Waals surface area contributed by atoms with Crippen molar-refractivity contribution in [3.8, 4) is 28.0 Å². The normalized spacial score (nSPS) is 13.4. The van der Waals surface area contributed by atoms with E-state index < -0.39 is 11.9 Å². The van der Waals surface area contributed by atoms with E-state index in [1.54, 1.807) is 54.6 Å². The number of fused-ring (bicyclic) bond motifs is 1. The maximum atomic E-state index is 14.4. The molecule has 36 heavy (non-hydrogen) atoms. The van der Waals surface area contributed by atoms with Crippen LogP contribution < -0.4 is 10.7 Å². The fraction of sp³-hybridized carbons (Fsp3) is 0.0357. The van der Waals surface area contributed by atoms with Gasteiger partial charge in [0.15, 0.2) is 5.71 Å². The van der Waals surface area contributed by atoms with Crippen LogP contribution in [-0.2, 0) is 4.79 Å². The maximum absolute atomic E-state index is 14.4. The summed E-state index contributed by atoms with van der Waals surface area (Å²) in [6, 6.07) is 21.2. The molecule has 0 spiro atoms. The maximum Gasteiger partial charge on any atom is 0.335 e. The number of aromatic carboxylic acids is 1. The Morgan fingerprint density at radius 2 is 1.67 bits per heavy atom.